The van der Waals surface area contributed by atoms with Gasteiger partial charge in [-0.15, -0.1) is 11.8 Å². The van der Waals surface area contributed by atoms with E-state index < -0.39 is 5.91 Å². The van der Waals surface area contributed by atoms with Crippen molar-refractivity contribution >= 4 is 29.4 Å². The maximum absolute atomic E-state index is 12.2. The van der Waals surface area contributed by atoms with E-state index >= 15 is 0 Å². The molecule has 4 nitrogen and oxygen atoms in total. The van der Waals surface area contributed by atoms with Gasteiger partial charge in [0.2, 0.25) is 0 Å². The van der Waals surface area contributed by atoms with Crippen LogP contribution in [0.1, 0.15) is 12.5 Å². The van der Waals surface area contributed by atoms with E-state index in [1.165, 1.54) is 0 Å². The van der Waals surface area contributed by atoms with Crippen molar-refractivity contribution in [1.82, 2.24) is 0 Å². The second kappa shape index (κ2) is 8.80. The van der Waals surface area contributed by atoms with Gasteiger partial charge in [-0.2, -0.15) is 5.26 Å². The Labute approximate surface area is 146 Å². The summed E-state index contributed by atoms with van der Waals surface area (Å²) in [5.74, 6) is 0.302. The summed E-state index contributed by atoms with van der Waals surface area (Å²) in [6.07, 6.45) is 3.57. The summed E-state index contributed by atoms with van der Waals surface area (Å²) in [5, 5.41) is 12.0. The Hall–Kier alpha value is -2.71. The molecule has 0 atom stereocenters. The maximum atomic E-state index is 12.2. The number of carbonyl (C=O) groups excluding carboxylic acids is 1. The lowest BCUT2D eigenvalue weighted by Crippen LogP contribution is -2.13. The first-order valence-electron chi connectivity index (χ1n) is 7.46. The number of amides is 1. The molecule has 2 aromatic carbocycles. The van der Waals surface area contributed by atoms with Crippen LogP contribution in [0.4, 0.5) is 5.69 Å². The lowest BCUT2D eigenvalue weighted by molar-refractivity contribution is -0.112. The van der Waals surface area contributed by atoms with Gasteiger partial charge < -0.3 is 10.1 Å². The minimum atomic E-state index is -0.435. The van der Waals surface area contributed by atoms with E-state index in [4.69, 9.17) is 4.74 Å². The van der Waals surface area contributed by atoms with Crippen LogP contribution in [0.25, 0.3) is 6.08 Å². The van der Waals surface area contributed by atoms with Crippen LogP contribution in [0.15, 0.2) is 59.0 Å². The number of nitrogens with zero attached hydrogens (tertiary/aromatic N) is 1. The number of thioether (sulfide) groups is 1. The molecule has 122 valence electrons. The lowest BCUT2D eigenvalue weighted by atomic mass is 10.1. The normalized spacial score (nSPS) is 10.8. The number of anilines is 1. The minimum Gasteiger partial charge on any atom is -0.494 e. The second-order valence-corrected chi connectivity index (χ2v) is 5.73. The molecule has 1 amide bonds. The zero-order chi connectivity index (χ0) is 17.4. The molecule has 0 aromatic heterocycles. The predicted octanol–water partition coefficient (Wildman–Crippen LogP) is 4.35. The van der Waals surface area contributed by atoms with Crippen molar-refractivity contribution in [2.45, 2.75) is 11.8 Å². The molecule has 0 fully saturated rings. The predicted molar refractivity (Wildman–Crippen MR) is 98.1 cm³/mol. The lowest BCUT2D eigenvalue weighted by Gasteiger charge is -2.06. The fraction of sp³-hybridized carbons (Fsp3) is 0.158. The third kappa shape index (κ3) is 4.90. The number of nitriles is 1. The van der Waals surface area contributed by atoms with E-state index in [1.807, 2.05) is 43.5 Å². The van der Waals surface area contributed by atoms with Gasteiger partial charge in [0.25, 0.3) is 5.91 Å². The van der Waals surface area contributed by atoms with Gasteiger partial charge >= 0.3 is 0 Å². The van der Waals surface area contributed by atoms with Crippen LogP contribution in [-0.2, 0) is 4.79 Å². The third-order valence-corrected chi connectivity index (χ3v) is 3.96. The van der Waals surface area contributed by atoms with E-state index in [0.29, 0.717) is 12.3 Å². The first-order valence-corrected chi connectivity index (χ1v) is 8.68. The van der Waals surface area contributed by atoms with E-state index in [2.05, 4.69) is 5.32 Å². The smallest absolute Gasteiger partial charge is 0.266 e. The van der Waals surface area contributed by atoms with Crippen molar-refractivity contribution in [3.8, 4) is 11.8 Å². The van der Waals surface area contributed by atoms with Gasteiger partial charge in [0.05, 0.1) is 6.61 Å². The fourth-order valence-corrected chi connectivity index (χ4v) is 2.42. The Morgan fingerprint density at radius 3 is 2.42 bits per heavy atom. The van der Waals surface area contributed by atoms with Gasteiger partial charge in [-0.3, -0.25) is 4.79 Å². The van der Waals surface area contributed by atoms with Crippen molar-refractivity contribution in [2.75, 3.05) is 18.2 Å². The number of benzene rings is 2. The molecule has 0 aliphatic heterocycles. The number of carbonyl (C=O) groups is 1. The second-order valence-electron chi connectivity index (χ2n) is 4.85. The number of nitrogens with one attached hydrogen (secondary N) is 1. The molecule has 0 spiro atoms. The third-order valence-electron chi connectivity index (χ3n) is 3.22. The van der Waals surface area contributed by atoms with Crippen molar-refractivity contribution in [3.05, 3.63) is 59.7 Å². The van der Waals surface area contributed by atoms with Crippen molar-refractivity contribution < 1.29 is 9.53 Å². The monoisotopic (exact) mass is 338 g/mol. The zero-order valence-corrected chi connectivity index (χ0v) is 14.4. The van der Waals surface area contributed by atoms with Gasteiger partial charge in [0.15, 0.2) is 0 Å². The highest BCUT2D eigenvalue weighted by Crippen LogP contribution is 2.18. The molecule has 2 aromatic rings. The Bertz CT molecular complexity index is 759. The van der Waals surface area contributed by atoms with Gasteiger partial charge in [-0.05, 0) is 61.2 Å². The maximum Gasteiger partial charge on any atom is 0.266 e. The van der Waals surface area contributed by atoms with E-state index in [9.17, 15) is 10.1 Å². The van der Waals surface area contributed by atoms with E-state index in [1.54, 1.807) is 42.1 Å². The summed E-state index contributed by atoms with van der Waals surface area (Å²) in [6.45, 7) is 2.49. The van der Waals surface area contributed by atoms with Crippen molar-refractivity contribution in [2.24, 2.45) is 0 Å². The summed E-state index contributed by atoms with van der Waals surface area (Å²) >= 11 is 1.64. The highest BCUT2D eigenvalue weighted by Gasteiger charge is 2.09. The Morgan fingerprint density at radius 1 is 1.21 bits per heavy atom. The summed E-state index contributed by atoms with van der Waals surface area (Å²) < 4.78 is 5.35. The van der Waals surface area contributed by atoms with Crippen LogP contribution < -0.4 is 10.1 Å². The van der Waals surface area contributed by atoms with Crippen LogP contribution >= 0.6 is 11.8 Å². The van der Waals surface area contributed by atoms with Crippen molar-refractivity contribution in [3.63, 3.8) is 0 Å². The topological polar surface area (TPSA) is 62.1 Å². The Kier molecular flexibility index (Phi) is 6.47. The average molecular weight is 338 g/mol. The molecule has 0 saturated carbocycles. The van der Waals surface area contributed by atoms with Crippen LogP contribution in [0.5, 0.6) is 5.75 Å². The largest absolute Gasteiger partial charge is 0.494 e. The molecular formula is C19H18N2O2S. The van der Waals surface area contributed by atoms with Crippen LogP contribution in [0.2, 0.25) is 0 Å². The fourth-order valence-electron chi connectivity index (χ4n) is 2.01. The number of ether oxygens (including phenoxy) is 1. The minimum absolute atomic E-state index is 0.0563. The molecule has 5 heteroatoms. The number of hydrogen-bond acceptors (Lipinski definition) is 4. The molecule has 1 N–H and O–H groups in total. The summed E-state index contributed by atoms with van der Waals surface area (Å²) in [4.78, 5) is 13.4. The first kappa shape index (κ1) is 17.6. The highest BCUT2D eigenvalue weighted by molar-refractivity contribution is 7.98. The number of hydrogen-bond donors (Lipinski definition) is 1. The quantitative estimate of drug-likeness (QED) is 0.483. The highest BCUT2D eigenvalue weighted by atomic mass is 32.2. The van der Waals surface area contributed by atoms with E-state index in [-0.39, 0.29) is 5.57 Å². The van der Waals surface area contributed by atoms with Crippen molar-refractivity contribution in [1.29, 1.82) is 5.26 Å². The van der Waals surface area contributed by atoms with Gasteiger partial charge in [-0.25, -0.2) is 0 Å². The molecule has 0 bridgehead atoms. The summed E-state index contributed by atoms with van der Waals surface area (Å²) in [6, 6.07) is 16.7. The standard InChI is InChI=1S/C19H18N2O2S/c1-3-23-17-8-6-16(7-9-17)21-19(22)15(13-20)12-14-4-10-18(24-2)11-5-14/h4-12H,3H2,1-2H3,(H,21,22)/b15-12-. The molecule has 0 unspecified atom stereocenters. The molecule has 0 radical (unpaired) electrons. The molecule has 0 aliphatic carbocycles. The summed E-state index contributed by atoms with van der Waals surface area (Å²) in [5.41, 5.74) is 1.48. The molecule has 0 saturated heterocycles. The first-order chi connectivity index (χ1) is 11.7. The van der Waals surface area contributed by atoms with Gasteiger partial charge in [0, 0.05) is 10.6 Å². The van der Waals surface area contributed by atoms with Gasteiger partial charge in [0.1, 0.15) is 17.4 Å². The van der Waals surface area contributed by atoms with Gasteiger partial charge in [-0.1, -0.05) is 12.1 Å². The van der Waals surface area contributed by atoms with E-state index in [0.717, 1.165) is 16.2 Å². The molecule has 2 rings (SSSR count). The molecular weight excluding hydrogens is 320 g/mol. The zero-order valence-electron chi connectivity index (χ0n) is 13.6. The molecule has 24 heavy (non-hydrogen) atoms. The average Bonchev–Trinajstić information content (AvgIpc) is 2.62. The SMILES string of the molecule is CCOc1ccc(NC(=O)/C(C#N)=C\c2ccc(SC)cc2)cc1. The Balaban J connectivity index is 2.10. The number of rotatable bonds is 6. The van der Waals surface area contributed by atoms with Crippen LogP contribution in [-0.4, -0.2) is 18.8 Å². The molecule has 0 aliphatic rings. The summed E-state index contributed by atoms with van der Waals surface area (Å²) in [7, 11) is 0. The Morgan fingerprint density at radius 2 is 1.88 bits per heavy atom. The molecule has 0 heterocycles. The van der Waals surface area contributed by atoms with Crippen LogP contribution in [0, 0.1) is 11.3 Å². The van der Waals surface area contributed by atoms with Crippen LogP contribution in [0.3, 0.4) is 0 Å².